The number of aliphatic hydroxyl groups excluding tert-OH is 2. The van der Waals surface area contributed by atoms with E-state index >= 15 is 0 Å². The Morgan fingerprint density at radius 1 is 1.25 bits per heavy atom. The average molecular weight is 230 g/mol. The first-order chi connectivity index (χ1) is 7.69. The topological polar surface area (TPSA) is 95.6 Å². The number of hydrogen-bond donors (Lipinski definition) is 4. The van der Waals surface area contributed by atoms with Gasteiger partial charge < -0.3 is 21.3 Å². The van der Waals surface area contributed by atoms with Crippen LogP contribution in [-0.4, -0.2) is 41.4 Å². The minimum absolute atomic E-state index is 0.0967. The molecule has 0 aromatic heterocycles. The largest absolute Gasteiger partial charge is 0.394 e. The van der Waals surface area contributed by atoms with Gasteiger partial charge in [-0.1, -0.05) is 19.3 Å². The number of nitrogens with one attached hydrogen (secondary N) is 1. The Bertz CT molecular complexity index is 219. The van der Waals surface area contributed by atoms with Crippen LogP contribution in [0, 0.1) is 5.92 Å². The highest BCUT2D eigenvalue weighted by molar-refractivity contribution is 5.79. The molecule has 1 rings (SSSR count). The van der Waals surface area contributed by atoms with Crippen molar-refractivity contribution in [1.82, 2.24) is 5.32 Å². The molecule has 0 aromatic rings. The molecule has 16 heavy (non-hydrogen) atoms. The van der Waals surface area contributed by atoms with Crippen molar-refractivity contribution >= 4 is 5.91 Å². The number of nitrogens with two attached hydrogens (primary N) is 1. The van der Waals surface area contributed by atoms with Gasteiger partial charge in [-0.05, 0) is 12.8 Å². The molecule has 5 heteroatoms. The maximum Gasteiger partial charge on any atom is 0.225 e. The standard InChI is InChI=1S/C11H22N2O3/c12-10-5-3-1-2-4-9(10)11(16)13-8(6-14)7-15/h8-10,14-15H,1-7,12H2,(H,13,16). The van der Waals surface area contributed by atoms with Crippen LogP contribution in [0.25, 0.3) is 0 Å². The van der Waals surface area contributed by atoms with Gasteiger partial charge in [0.05, 0.1) is 25.2 Å². The lowest BCUT2D eigenvalue weighted by Crippen LogP contribution is -2.47. The van der Waals surface area contributed by atoms with Gasteiger partial charge in [-0.2, -0.15) is 0 Å². The molecule has 2 atom stereocenters. The van der Waals surface area contributed by atoms with Crippen LogP contribution in [0.4, 0.5) is 0 Å². The van der Waals surface area contributed by atoms with Crippen molar-refractivity contribution in [3.8, 4) is 0 Å². The van der Waals surface area contributed by atoms with Crippen molar-refractivity contribution < 1.29 is 15.0 Å². The number of aliphatic hydroxyl groups is 2. The van der Waals surface area contributed by atoms with Crippen LogP contribution in [0.15, 0.2) is 0 Å². The summed E-state index contributed by atoms with van der Waals surface area (Å²) < 4.78 is 0. The normalized spacial score (nSPS) is 26.5. The van der Waals surface area contributed by atoms with Crippen LogP contribution in [-0.2, 0) is 4.79 Å². The van der Waals surface area contributed by atoms with Crippen LogP contribution in [0.1, 0.15) is 32.1 Å². The Labute approximate surface area is 96.0 Å². The molecule has 1 amide bonds. The fraction of sp³-hybridized carbons (Fsp3) is 0.909. The Balaban J connectivity index is 2.50. The lowest BCUT2D eigenvalue weighted by Gasteiger charge is -2.23. The van der Waals surface area contributed by atoms with Gasteiger partial charge in [-0.25, -0.2) is 0 Å². The molecule has 0 spiro atoms. The van der Waals surface area contributed by atoms with Gasteiger partial charge >= 0.3 is 0 Å². The third-order valence-corrected chi connectivity index (χ3v) is 3.19. The number of rotatable bonds is 4. The smallest absolute Gasteiger partial charge is 0.225 e. The second-order valence-electron chi connectivity index (χ2n) is 4.48. The first-order valence-corrected chi connectivity index (χ1v) is 5.96. The summed E-state index contributed by atoms with van der Waals surface area (Å²) in [6.45, 7) is -0.492. The van der Waals surface area contributed by atoms with E-state index < -0.39 is 6.04 Å². The molecule has 5 N–H and O–H groups in total. The van der Waals surface area contributed by atoms with Gasteiger partial charge in [0.25, 0.3) is 0 Å². The van der Waals surface area contributed by atoms with Gasteiger partial charge in [0.2, 0.25) is 5.91 Å². The van der Waals surface area contributed by atoms with E-state index in [1.54, 1.807) is 0 Å². The van der Waals surface area contributed by atoms with Crippen LogP contribution in [0.3, 0.4) is 0 Å². The summed E-state index contributed by atoms with van der Waals surface area (Å²) in [6.07, 6.45) is 4.90. The molecule has 1 saturated carbocycles. The lowest BCUT2D eigenvalue weighted by atomic mass is 9.94. The monoisotopic (exact) mass is 230 g/mol. The van der Waals surface area contributed by atoms with Crippen LogP contribution < -0.4 is 11.1 Å². The molecule has 94 valence electrons. The summed E-state index contributed by atoms with van der Waals surface area (Å²) >= 11 is 0. The Morgan fingerprint density at radius 3 is 2.50 bits per heavy atom. The zero-order valence-corrected chi connectivity index (χ0v) is 9.56. The molecule has 2 unspecified atom stereocenters. The Kier molecular flexibility index (Phi) is 5.73. The third-order valence-electron chi connectivity index (χ3n) is 3.19. The molecule has 0 bridgehead atoms. The number of carbonyl (C=O) groups is 1. The van der Waals surface area contributed by atoms with Crippen molar-refractivity contribution in [2.75, 3.05) is 13.2 Å². The summed E-state index contributed by atoms with van der Waals surface area (Å²) in [5.74, 6) is -0.314. The second kappa shape index (κ2) is 6.83. The van der Waals surface area contributed by atoms with E-state index in [1.165, 1.54) is 0 Å². The van der Waals surface area contributed by atoms with Crippen molar-refractivity contribution in [3.63, 3.8) is 0 Å². The second-order valence-corrected chi connectivity index (χ2v) is 4.48. The minimum Gasteiger partial charge on any atom is -0.394 e. The van der Waals surface area contributed by atoms with Gasteiger partial charge in [0.1, 0.15) is 0 Å². The van der Waals surface area contributed by atoms with E-state index in [0.29, 0.717) is 0 Å². The zero-order chi connectivity index (χ0) is 12.0. The van der Waals surface area contributed by atoms with Crippen LogP contribution in [0.5, 0.6) is 0 Å². The predicted octanol–water partition coefficient (Wildman–Crippen LogP) is -0.637. The summed E-state index contributed by atoms with van der Waals surface area (Å²) in [5, 5.41) is 20.4. The Hall–Kier alpha value is -0.650. The zero-order valence-electron chi connectivity index (χ0n) is 9.56. The molecule has 1 aliphatic rings. The van der Waals surface area contributed by atoms with Gasteiger partial charge in [-0.3, -0.25) is 4.79 Å². The minimum atomic E-state index is -0.567. The molecule has 0 heterocycles. The van der Waals surface area contributed by atoms with E-state index in [9.17, 15) is 4.79 Å². The van der Waals surface area contributed by atoms with Crippen molar-refractivity contribution in [2.24, 2.45) is 11.7 Å². The number of carbonyl (C=O) groups excluding carboxylic acids is 1. The average Bonchev–Trinajstić information content (AvgIpc) is 2.50. The van der Waals surface area contributed by atoms with E-state index in [1.807, 2.05) is 0 Å². The Morgan fingerprint density at radius 2 is 1.88 bits per heavy atom. The fourth-order valence-electron chi connectivity index (χ4n) is 2.12. The molecule has 5 nitrogen and oxygen atoms in total. The molecule has 0 aliphatic heterocycles. The predicted molar refractivity (Wildman–Crippen MR) is 60.7 cm³/mol. The first kappa shape index (κ1) is 13.4. The molecule has 1 fully saturated rings. The maximum absolute atomic E-state index is 11.9. The summed E-state index contributed by atoms with van der Waals surface area (Å²) in [5.41, 5.74) is 5.95. The molecular formula is C11H22N2O3. The molecular weight excluding hydrogens is 208 g/mol. The van der Waals surface area contributed by atoms with Crippen LogP contribution >= 0.6 is 0 Å². The quantitative estimate of drug-likeness (QED) is 0.483. The van der Waals surface area contributed by atoms with Crippen LogP contribution in [0.2, 0.25) is 0 Å². The SMILES string of the molecule is NC1CCCCCC1C(=O)NC(CO)CO. The fourth-order valence-corrected chi connectivity index (χ4v) is 2.12. The van der Waals surface area contributed by atoms with E-state index in [4.69, 9.17) is 15.9 Å². The molecule has 0 saturated heterocycles. The van der Waals surface area contributed by atoms with Gasteiger partial charge in [0, 0.05) is 6.04 Å². The van der Waals surface area contributed by atoms with Gasteiger partial charge in [-0.15, -0.1) is 0 Å². The summed E-state index contributed by atoms with van der Waals surface area (Å²) in [7, 11) is 0. The highest BCUT2D eigenvalue weighted by Crippen LogP contribution is 2.22. The highest BCUT2D eigenvalue weighted by atomic mass is 16.3. The third kappa shape index (κ3) is 3.73. The van der Waals surface area contributed by atoms with E-state index in [0.717, 1.165) is 32.1 Å². The van der Waals surface area contributed by atoms with Crippen molar-refractivity contribution in [3.05, 3.63) is 0 Å². The van der Waals surface area contributed by atoms with Crippen molar-refractivity contribution in [1.29, 1.82) is 0 Å². The van der Waals surface area contributed by atoms with E-state index in [2.05, 4.69) is 5.32 Å². The summed E-state index contributed by atoms with van der Waals surface area (Å²) in [4.78, 5) is 11.9. The summed E-state index contributed by atoms with van der Waals surface area (Å²) in [6, 6.07) is -0.663. The van der Waals surface area contributed by atoms with E-state index in [-0.39, 0.29) is 31.1 Å². The molecule has 0 radical (unpaired) electrons. The van der Waals surface area contributed by atoms with Gasteiger partial charge in [0.15, 0.2) is 0 Å². The molecule has 0 aromatic carbocycles. The van der Waals surface area contributed by atoms with Crippen molar-refractivity contribution in [2.45, 2.75) is 44.2 Å². The lowest BCUT2D eigenvalue weighted by molar-refractivity contribution is -0.127. The molecule has 1 aliphatic carbocycles. The number of amides is 1. The maximum atomic E-state index is 11.9. The number of hydrogen-bond acceptors (Lipinski definition) is 4. The highest BCUT2D eigenvalue weighted by Gasteiger charge is 2.27. The first-order valence-electron chi connectivity index (χ1n) is 5.96.